The Morgan fingerprint density at radius 3 is 2.73 bits per heavy atom. The molecule has 0 fully saturated rings. The van der Waals surface area contributed by atoms with E-state index in [2.05, 4.69) is 10.3 Å². The molecule has 1 heterocycles. The van der Waals surface area contributed by atoms with Gasteiger partial charge in [-0.05, 0) is 12.1 Å². The van der Waals surface area contributed by atoms with Gasteiger partial charge in [-0.25, -0.2) is 13.8 Å². The molecule has 0 saturated carbocycles. The van der Waals surface area contributed by atoms with Gasteiger partial charge in [0.1, 0.15) is 16.8 Å². The summed E-state index contributed by atoms with van der Waals surface area (Å²) in [6.07, 6.45) is 0. The summed E-state index contributed by atoms with van der Waals surface area (Å²) in [6.45, 7) is 0. The molecular weight excluding hydrogens is 242 g/mol. The maximum Gasteiger partial charge on any atom is 0.188 e. The number of hydrogen-bond acceptors (Lipinski definition) is 3. The van der Waals surface area contributed by atoms with Gasteiger partial charge in [0.15, 0.2) is 5.13 Å². The lowest BCUT2D eigenvalue weighted by Crippen LogP contribution is -1.93. The Kier molecular flexibility index (Phi) is 2.83. The lowest BCUT2D eigenvalue weighted by Gasteiger charge is -2.03. The minimum atomic E-state index is -0.665. The molecule has 78 valence electrons. The van der Waals surface area contributed by atoms with Crippen LogP contribution in [0.1, 0.15) is 0 Å². The van der Waals surface area contributed by atoms with Crippen molar-refractivity contribution < 1.29 is 8.78 Å². The second-order valence-electron chi connectivity index (χ2n) is 2.72. The third-order valence-corrected chi connectivity index (χ3v) is 2.73. The highest BCUT2D eigenvalue weighted by atomic mass is 35.5. The van der Waals surface area contributed by atoms with Gasteiger partial charge in [-0.3, -0.25) is 0 Å². The minimum Gasteiger partial charge on any atom is -0.329 e. The molecule has 0 spiro atoms. The molecule has 0 unspecified atom stereocenters. The molecule has 1 aromatic heterocycles. The topological polar surface area (TPSA) is 24.9 Å². The van der Waals surface area contributed by atoms with Gasteiger partial charge in [-0.2, -0.15) is 0 Å². The molecular formula is C9H5ClF2N2S. The molecule has 0 amide bonds. The highest BCUT2D eigenvalue weighted by molar-refractivity contribution is 7.14. The number of nitrogens with one attached hydrogen (secondary N) is 1. The van der Waals surface area contributed by atoms with Gasteiger partial charge in [-0.15, -0.1) is 11.3 Å². The molecule has 0 aliphatic heterocycles. The van der Waals surface area contributed by atoms with E-state index in [-0.39, 0.29) is 5.69 Å². The average molecular weight is 247 g/mol. The number of hydrogen-bond donors (Lipinski definition) is 1. The van der Waals surface area contributed by atoms with Gasteiger partial charge in [0.25, 0.3) is 0 Å². The van der Waals surface area contributed by atoms with Gasteiger partial charge in [0, 0.05) is 11.4 Å². The van der Waals surface area contributed by atoms with Crippen molar-refractivity contribution in [2.75, 3.05) is 5.32 Å². The number of anilines is 2. The van der Waals surface area contributed by atoms with E-state index >= 15 is 0 Å². The number of halogens is 3. The van der Waals surface area contributed by atoms with Gasteiger partial charge in [-0.1, -0.05) is 11.6 Å². The Bertz CT molecular complexity index is 487. The van der Waals surface area contributed by atoms with E-state index in [0.717, 1.165) is 6.07 Å². The number of thiazole rings is 1. The van der Waals surface area contributed by atoms with Crippen molar-refractivity contribution in [3.63, 3.8) is 0 Å². The van der Waals surface area contributed by atoms with Gasteiger partial charge >= 0.3 is 0 Å². The van der Waals surface area contributed by atoms with Crippen molar-refractivity contribution >= 4 is 33.8 Å². The van der Waals surface area contributed by atoms with Crippen LogP contribution in [0.25, 0.3) is 0 Å². The second-order valence-corrected chi connectivity index (χ2v) is 3.97. The summed E-state index contributed by atoms with van der Waals surface area (Å²) >= 11 is 6.84. The molecule has 2 rings (SSSR count). The van der Waals surface area contributed by atoms with E-state index < -0.39 is 11.6 Å². The van der Waals surface area contributed by atoms with Crippen molar-refractivity contribution in [3.8, 4) is 0 Å². The van der Waals surface area contributed by atoms with Crippen LogP contribution in [0.4, 0.5) is 19.6 Å². The zero-order chi connectivity index (χ0) is 10.8. The van der Waals surface area contributed by atoms with Crippen molar-refractivity contribution in [1.29, 1.82) is 0 Å². The first-order valence-corrected chi connectivity index (χ1v) is 5.24. The molecule has 1 aromatic carbocycles. The fourth-order valence-electron chi connectivity index (χ4n) is 1.02. The predicted molar refractivity (Wildman–Crippen MR) is 56.8 cm³/mol. The maximum atomic E-state index is 13.2. The SMILES string of the molecule is Fc1ccc(Nc2nc(Cl)cs2)c(F)c1. The first-order valence-electron chi connectivity index (χ1n) is 3.98. The number of benzene rings is 1. The lowest BCUT2D eigenvalue weighted by atomic mass is 10.3. The van der Waals surface area contributed by atoms with Crippen molar-refractivity contribution in [1.82, 2.24) is 4.98 Å². The van der Waals surface area contributed by atoms with Gasteiger partial charge in [0.2, 0.25) is 0 Å². The van der Waals surface area contributed by atoms with Crippen LogP contribution in [0.15, 0.2) is 23.6 Å². The summed E-state index contributed by atoms with van der Waals surface area (Å²) in [6, 6.07) is 3.28. The Morgan fingerprint density at radius 1 is 1.33 bits per heavy atom. The van der Waals surface area contributed by atoms with Crippen molar-refractivity contribution in [2.24, 2.45) is 0 Å². The standard InChI is InChI=1S/C9H5ClF2N2S/c10-8-4-15-9(14-8)13-7-2-1-5(11)3-6(7)12/h1-4H,(H,13,14). The van der Waals surface area contributed by atoms with Crippen LogP contribution < -0.4 is 5.32 Å². The fourth-order valence-corrected chi connectivity index (χ4v) is 1.87. The quantitative estimate of drug-likeness (QED) is 0.871. The number of rotatable bonds is 2. The Morgan fingerprint density at radius 2 is 2.13 bits per heavy atom. The van der Waals surface area contributed by atoms with E-state index in [0.29, 0.717) is 10.3 Å². The lowest BCUT2D eigenvalue weighted by molar-refractivity contribution is 0.586. The van der Waals surface area contributed by atoms with E-state index in [4.69, 9.17) is 11.6 Å². The molecule has 0 saturated heterocycles. The van der Waals surface area contributed by atoms with Crippen LogP contribution in [0.5, 0.6) is 0 Å². The molecule has 15 heavy (non-hydrogen) atoms. The molecule has 0 atom stereocenters. The minimum absolute atomic E-state index is 0.169. The predicted octanol–water partition coefficient (Wildman–Crippen LogP) is 3.82. The van der Waals surface area contributed by atoms with Crippen molar-refractivity contribution in [3.05, 3.63) is 40.4 Å². The first kappa shape index (κ1) is 10.3. The van der Waals surface area contributed by atoms with Crippen LogP contribution in [0, 0.1) is 11.6 Å². The summed E-state index contributed by atoms with van der Waals surface area (Å²) in [7, 11) is 0. The summed E-state index contributed by atoms with van der Waals surface area (Å²) in [4.78, 5) is 3.88. The summed E-state index contributed by atoms with van der Waals surface area (Å²) in [5.74, 6) is -1.28. The summed E-state index contributed by atoms with van der Waals surface area (Å²) in [5, 5.41) is 5.12. The zero-order valence-electron chi connectivity index (χ0n) is 7.30. The fraction of sp³-hybridized carbons (Fsp3) is 0. The molecule has 2 nitrogen and oxygen atoms in total. The highest BCUT2D eigenvalue weighted by Crippen LogP contribution is 2.25. The molecule has 0 aliphatic rings. The van der Waals surface area contributed by atoms with Gasteiger partial charge in [0.05, 0.1) is 5.69 Å². The highest BCUT2D eigenvalue weighted by Gasteiger charge is 2.06. The van der Waals surface area contributed by atoms with Crippen LogP contribution in [-0.4, -0.2) is 4.98 Å². The number of aromatic nitrogens is 1. The zero-order valence-corrected chi connectivity index (χ0v) is 8.87. The Balaban J connectivity index is 2.24. The maximum absolute atomic E-state index is 13.2. The molecule has 0 aliphatic carbocycles. The molecule has 2 aromatic rings. The average Bonchev–Trinajstić information content (AvgIpc) is 2.56. The number of nitrogens with zero attached hydrogens (tertiary/aromatic N) is 1. The smallest absolute Gasteiger partial charge is 0.188 e. The van der Waals surface area contributed by atoms with Gasteiger partial charge < -0.3 is 5.32 Å². The third kappa shape index (κ3) is 2.43. The van der Waals surface area contributed by atoms with Crippen molar-refractivity contribution in [2.45, 2.75) is 0 Å². The first-order chi connectivity index (χ1) is 7.15. The largest absolute Gasteiger partial charge is 0.329 e. The normalized spacial score (nSPS) is 10.3. The summed E-state index contributed by atoms with van der Waals surface area (Å²) in [5.41, 5.74) is 0.169. The molecule has 6 heteroatoms. The van der Waals surface area contributed by atoms with E-state index in [1.54, 1.807) is 5.38 Å². The van der Waals surface area contributed by atoms with E-state index in [1.165, 1.54) is 23.5 Å². The van der Waals surface area contributed by atoms with Crippen LogP contribution >= 0.6 is 22.9 Å². The second kappa shape index (κ2) is 4.12. The molecule has 1 N–H and O–H groups in total. The van der Waals surface area contributed by atoms with E-state index in [9.17, 15) is 8.78 Å². The Labute approximate surface area is 93.5 Å². The third-order valence-electron chi connectivity index (χ3n) is 1.65. The monoisotopic (exact) mass is 246 g/mol. The Hall–Kier alpha value is -1.20. The van der Waals surface area contributed by atoms with E-state index in [1.807, 2.05) is 0 Å². The van der Waals surface area contributed by atoms with Crippen LogP contribution in [-0.2, 0) is 0 Å². The van der Waals surface area contributed by atoms with Crippen LogP contribution in [0.2, 0.25) is 5.15 Å². The molecule has 0 bridgehead atoms. The van der Waals surface area contributed by atoms with Crippen LogP contribution in [0.3, 0.4) is 0 Å². The summed E-state index contributed by atoms with van der Waals surface area (Å²) < 4.78 is 25.8. The molecule has 0 radical (unpaired) electrons.